The summed E-state index contributed by atoms with van der Waals surface area (Å²) in [5, 5.41) is 0. The van der Waals surface area contributed by atoms with Gasteiger partial charge < -0.3 is 0 Å². The van der Waals surface area contributed by atoms with E-state index in [-0.39, 0.29) is 5.41 Å². The zero-order valence-corrected chi connectivity index (χ0v) is 13.8. The Hall–Kier alpha value is -1.70. The molecule has 0 unspecified atom stereocenters. The summed E-state index contributed by atoms with van der Waals surface area (Å²) in [6, 6.07) is 6.96. The molecule has 0 aliphatic heterocycles. The molecule has 0 spiro atoms. The zero-order chi connectivity index (χ0) is 15.3. The highest BCUT2D eigenvalue weighted by Crippen LogP contribution is 2.49. The van der Waals surface area contributed by atoms with Crippen LogP contribution < -0.4 is 0 Å². The first-order valence-electron chi connectivity index (χ1n) is 8.49. The molecule has 3 aliphatic rings. The van der Waals surface area contributed by atoms with Crippen LogP contribution in [-0.2, 0) is 5.41 Å². The molecule has 0 atom stereocenters. The summed E-state index contributed by atoms with van der Waals surface area (Å²) in [7, 11) is 0. The van der Waals surface area contributed by atoms with E-state index in [0.29, 0.717) is 0 Å². The van der Waals surface area contributed by atoms with Gasteiger partial charge in [0.15, 0.2) is 0 Å². The van der Waals surface area contributed by atoms with Crippen LogP contribution in [0.2, 0.25) is 0 Å². The van der Waals surface area contributed by atoms with Crippen molar-refractivity contribution < 1.29 is 0 Å². The van der Waals surface area contributed by atoms with Crippen LogP contribution in [0.3, 0.4) is 0 Å². The lowest BCUT2D eigenvalue weighted by atomic mass is 9.67. The molecule has 0 saturated heterocycles. The molecule has 5 rings (SSSR count). The predicted octanol–water partition coefficient (Wildman–Crippen LogP) is 5.20. The van der Waals surface area contributed by atoms with Gasteiger partial charge in [-0.15, -0.1) is 0 Å². The Balaban J connectivity index is 1.71. The number of hydrogen-bond acceptors (Lipinski definition) is 2. The molecule has 114 valence electrons. The highest BCUT2D eigenvalue weighted by Gasteiger charge is 2.32. The van der Waals surface area contributed by atoms with Gasteiger partial charge in [0.25, 0.3) is 0 Å². The molecule has 2 aromatic rings. The maximum atomic E-state index is 4.66. The minimum Gasteiger partial charge on any atom is -0.257 e. The third-order valence-corrected chi connectivity index (χ3v) is 5.41. The van der Waals surface area contributed by atoms with Crippen LogP contribution in [0.1, 0.15) is 75.1 Å². The second-order valence-electron chi connectivity index (χ2n) is 7.93. The van der Waals surface area contributed by atoms with Gasteiger partial charge in [0.2, 0.25) is 0 Å². The van der Waals surface area contributed by atoms with Crippen LogP contribution in [0.5, 0.6) is 0 Å². The van der Waals surface area contributed by atoms with Crippen molar-refractivity contribution in [3.05, 3.63) is 47.4 Å². The van der Waals surface area contributed by atoms with Crippen LogP contribution in [0.15, 0.2) is 30.6 Å². The van der Waals surface area contributed by atoms with E-state index in [4.69, 9.17) is 0 Å². The van der Waals surface area contributed by atoms with Crippen molar-refractivity contribution in [2.75, 3.05) is 0 Å². The van der Waals surface area contributed by atoms with Crippen molar-refractivity contribution in [1.82, 2.24) is 9.97 Å². The molecule has 1 saturated carbocycles. The monoisotopic (exact) mass is 292 g/mol. The number of benzene rings is 1. The normalized spacial score (nSPS) is 23.4. The molecular weight excluding hydrogens is 268 g/mol. The van der Waals surface area contributed by atoms with Crippen LogP contribution in [-0.4, -0.2) is 9.97 Å². The van der Waals surface area contributed by atoms with Crippen LogP contribution in [0.4, 0.5) is 0 Å². The fourth-order valence-electron chi connectivity index (χ4n) is 4.04. The van der Waals surface area contributed by atoms with E-state index in [2.05, 4.69) is 48.9 Å². The smallest absolute Gasteiger partial charge is 0.0885 e. The predicted molar refractivity (Wildman–Crippen MR) is 90.1 cm³/mol. The van der Waals surface area contributed by atoms with E-state index in [0.717, 1.165) is 23.2 Å². The molecular formula is C20H24N2. The summed E-state index contributed by atoms with van der Waals surface area (Å²) in [5.74, 6) is 1.59. The third-order valence-electron chi connectivity index (χ3n) is 5.41. The van der Waals surface area contributed by atoms with Crippen molar-refractivity contribution in [3.63, 3.8) is 0 Å². The van der Waals surface area contributed by atoms with Crippen molar-refractivity contribution in [2.45, 2.75) is 63.7 Å². The zero-order valence-electron chi connectivity index (χ0n) is 13.8. The average molecular weight is 292 g/mol. The first-order chi connectivity index (χ1) is 10.5. The molecule has 0 radical (unpaired) electrons. The minimum atomic E-state index is 0.0561. The third kappa shape index (κ3) is 2.25. The van der Waals surface area contributed by atoms with E-state index in [1.54, 1.807) is 11.1 Å². The second-order valence-corrected chi connectivity index (χ2v) is 7.93. The molecule has 0 N–H and O–H groups in total. The molecule has 3 aliphatic carbocycles. The van der Waals surface area contributed by atoms with Gasteiger partial charge in [-0.25, -0.2) is 0 Å². The van der Waals surface area contributed by atoms with Crippen molar-refractivity contribution >= 4 is 0 Å². The topological polar surface area (TPSA) is 25.8 Å². The van der Waals surface area contributed by atoms with Crippen LogP contribution in [0, 0.1) is 0 Å². The minimum absolute atomic E-state index is 0.0561. The van der Waals surface area contributed by atoms with E-state index < -0.39 is 0 Å². The van der Waals surface area contributed by atoms with Gasteiger partial charge in [-0.1, -0.05) is 32.9 Å². The Morgan fingerprint density at radius 1 is 0.864 bits per heavy atom. The van der Waals surface area contributed by atoms with Crippen molar-refractivity contribution in [2.24, 2.45) is 0 Å². The standard InChI is InChI=1S/C20H24N2/c1-20(2,3)19-12-21-18(11-22-19)15-8-9-16-13-4-6-14(7-5-13)17(16)10-15/h8-14H,4-7H2,1-3H3. The number of fused-ring (bicyclic) bond motifs is 2. The summed E-state index contributed by atoms with van der Waals surface area (Å²) in [6.07, 6.45) is 9.38. The van der Waals surface area contributed by atoms with Gasteiger partial charge in [0, 0.05) is 17.2 Å². The highest BCUT2D eigenvalue weighted by atomic mass is 14.8. The Morgan fingerprint density at radius 3 is 2.14 bits per heavy atom. The van der Waals surface area contributed by atoms with Gasteiger partial charge in [0.05, 0.1) is 17.6 Å². The number of aromatic nitrogens is 2. The van der Waals surface area contributed by atoms with Gasteiger partial charge in [-0.3, -0.25) is 9.97 Å². The Kier molecular flexibility index (Phi) is 3.11. The Labute approximate surface area is 133 Å². The Morgan fingerprint density at radius 2 is 1.55 bits per heavy atom. The molecule has 22 heavy (non-hydrogen) atoms. The lowest BCUT2D eigenvalue weighted by Gasteiger charge is -2.38. The molecule has 2 heteroatoms. The fourth-order valence-corrected chi connectivity index (χ4v) is 4.04. The van der Waals surface area contributed by atoms with Crippen molar-refractivity contribution in [3.8, 4) is 11.3 Å². The van der Waals surface area contributed by atoms with E-state index >= 15 is 0 Å². The maximum absolute atomic E-state index is 4.66. The largest absolute Gasteiger partial charge is 0.257 e. The lowest BCUT2D eigenvalue weighted by molar-refractivity contribution is 0.359. The highest BCUT2D eigenvalue weighted by molar-refractivity contribution is 5.61. The summed E-state index contributed by atoms with van der Waals surface area (Å²) in [6.45, 7) is 6.52. The first-order valence-corrected chi connectivity index (χ1v) is 8.49. The molecule has 2 nitrogen and oxygen atoms in total. The van der Waals surface area contributed by atoms with Crippen molar-refractivity contribution in [1.29, 1.82) is 0 Å². The summed E-state index contributed by atoms with van der Waals surface area (Å²) < 4.78 is 0. The average Bonchev–Trinajstić information content (AvgIpc) is 2.55. The summed E-state index contributed by atoms with van der Waals surface area (Å²) in [5.41, 5.74) is 6.51. The number of nitrogens with zero attached hydrogens (tertiary/aromatic N) is 2. The second kappa shape index (κ2) is 4.91. The molecule has 2 bridgehead atoms. The summed E-state index contributed by atoms with van der Waals surface area (Å²) in [4.78, 5) is 9.29. The molecule has 1 heterocycles. The van der Waals surface area contributed by atoms with Crippen LogP contribution >= 0.6 is 0 Å². The summed E-state index contributed by atoms with van der Waals surface area (Å²) >= 11 is 0. The molecule has 0 amide bonds. The fraction of sp³-hybridized carbons (Fsp3) is 0.500. The quantitative estimate of drug-likeness (QED) is 0.722. The van der Waals surface area contributed by atoms with E-state index in [1.807, 2.05) is 12.4 Å². The molecule has 1 fully saturated rings. The number of hydrogen-bond donors (Lipinski definition) is 0. The number of rotatable bonds is 1. The van der Waals surface area contributed by atoms with Gasteiger partial charge in [-0.05, 0) is 54.7 Å². The van der Waals surface area contributed by atoms with Gasteiger partial charge in [0.1, 0.15) is 0 Å². The lowest BCUT2D eigenvalue weighted by Crippen LogP contribution is -2.21. The Bertz CT molecular complexity index is 687. The maximum Gasteiger partial charge on any atom is 0.0885 e. The first kappa shape index (κ1) is 13.9. The van der Waals surface area contributed by atoms with Gasteiger partial charge in [-0.2, -0.15) is 0 Å². The van der Waals surface area contributed by atoms with E-state index in [1.165, 1.54) is 31.2 Å². The SMILES string of the molecule is CC(C)(C)c1cnc(-c2ccc3c(c2)C2CCC3CC2)cn1. The van der Waals surface area contributed by atoms with Gasteiger partial charge >= 0.3 is 0 Å². The van der Waals surface area contributed by atoms with E-state index in [9.17, 15) is 0 Å². The molecule has 1 aromatic heterocycles. The van der Waals surface area contributed by atoms with Crippen LogP contribution in [0.25, 0.3) is 11.3 Å². The molecule has 1 aromatic carbocycles.